The molecule has 12 nitrogen and oxygen atoms in total. The smallest absolute Gasteiger partial charge is 0.497 e. The molecule has 0 unspecified atom stereocenters. The van der Waals surface area contributed by atoms with Gasteiger partial charge in [-0.25, -0.2) is 9.59 Å². The molecule has 3 heterocycles. The number of rotatable bonds is 7. The lowest BCUT2D eigenvalue weighted by atomic mass is 9.96. The molecule has 0 bridgehead atoms. The van der Waals surface area contributed by atoms with Gasteiger partial charge < -0.3 is 48.7 Å². The number of methoxy groups -OCH3 is 1. The first-order valence-corrected chi connectivity index (χ1v) is 15.7. The van der Waals surface area contributed by atoms with Crippen molar-refractivity contribution in [2.75, 3.05) is 20.8 Å². The lowest BCUT2D eigenvalue weighted by molar-refractivity contribution is -0.273. The molecule has 3 fully saturated rings. The van der Waals surface area contributed by atoms with Crippen LogP contribution in [0.1, 0.15) is 28.4 Å². The molecule has 7 rings (SSSR count). The fourth-order valence-electron chi connectivity index (χ4n) is 6.68. The first-order valence-electron chi connectivity index (χ1n) is 15.7. The van der Waals surface area contributed by atoms with E-state index < -0.39 is 72.8 Å². The van der Waals surface area contributed by atoms with Crippen molar-refractivity contribution in [2.24, 2.45) is 0 Å². The minimum atomic E-state index is -1.20. The maximum atomic E-state index is 14.1. The van der Waals surface area contributed by atoms with Crippen LogP contribution in [0.2, 0.25) is 0 Å². The Kier molecular flexibility index (Phi) is 8.20. The number of aliphatic hydroxyl groups excluding tert-OH is 2. The van der Waals surface area contributed by atoms with Crippen molar-refractivity contribution >= 4 is 22.9 Å². The summed E-state index contributed by atoms with van der Waals surface area (Å²) in [7, 11) is 3.19. The summed E-state index contributed by atoms with van der Waals surface area (Å²) in [5.74, 6) is 12.3. The van der Waals surface area contributed by atoms with Gasteiger partial charge in [0.2, 0.25) is 5.60 Å². The predicted octanol–water partition coefficient (Wildman–Crippen LogP) is 1.99. The number of cyclic esters (lactones) is 2. The number of fused-ring (bicyclic) bond motifs is 3. The Labute approximate surface area is 276 Å². The van der Waals surface area contributed by atoms with Crippen LogP contribution in [0.5, 0.6) is 5.75 Å². The van der Waals surface area contributed by atoms with Gasteiger partial charge in [-0.15, -0.1) is 0 Å². The van der Waals surface area contributed by atoms with E-state index in [4.69, 9.17) is 33.2 Å². The number of hydrogen-bond acceptors (Lipinski definition) is 12. The van der Waals surface area contributed by atoms with Crippen LogP contribution in [0.25, 0.3) is 10.8 Å². The molecule has 0 spiro atoms. The highest BCUT2D eigenvalue weighted by atomic mass is 16.8. The van der Waals surface area contributed by atoms with E-state index in [2.05, 4.69) is 29.0 Å². The van der Waals surface area contributed by atoms with Gasteiger partial charge in [0.05, 0.1) is 24.8 Å². The molecular weight excluding hydrogens is 622 g/mol. The number of carbonyl (C=O) groups excluding carboxylic acids is 2. The van der Waals surface area contributed by atoms with Gasteiger partial charge in [-0.1, -0.05) is 35.8 Å². The van der Waals surface area contributed by atoms with Crippen molar-refractivity contribution in [3.63, 3.8) is 0 Å². The molecule has 3 saturated heterocycles. The fourth-order valence-corrected chi connectivity index (χ4v) is 6.68. The molecule has 3 aliphatic heterocycles. The molecule has 12 heteroatoms. The largest absolute Gasteiger partial charge is 0.508 e. The van der Waals surface area contributed by atoms with Crippen molar-refractivity contribution < 1.29 is 53.0 Å². The van der Waals surface area contributed by atoms with Crippen LogP contribution < -0.4 is 10.1 Å². The maximum Gasteiger partial charge on any atom is 0.508 e. The number of epoxide rings is 1. The second kappa shape index (κ2) is 12.2. The Hall–Kier alpha value is -4.40. The molecule has 2 aromatic carbocycles. The Morgan fingerprint density at radius 1 is 1.12 bits per heavy atom. The lowest BCUT2D eigenvalue weighted by Gasteiger charge is -2.42. The highest BCUT2D eigenvalue weighted by molar-refractivity contribution is 6.07. The Balaban J connectivity index is 1.27. The van der Waals surface area contributed by atoms with E-state index in [0.29, 0.717) is 33.4 Å². The predicted molar refractivity (Wildman–Crippen MR) is 169 cm³/mol. The van der Waals surface area contributed by atoms with E-state index in [-0.39, 0.29) is 6.61 Å². The van der Waals surface area contributed by atoms with Gasteiger partial charge in [0.1, 0.15) is 30.7 Å². The zero-order chi connectivity index (χ0) is 33.9. The number of allylic oxidation sites excluding steroid dienone is 1. The van der Waals surface area contributed by atoms with Crippen molar-refractivity contribution in [1.29, 1.82) is 0 Å². The van der Waals surface area contributed by atoms with Gasteiger partial charge in [0.25, 0.3) is 0 Å². The van der Waals surface area contributed by atoms with E-state index in [9.17, 15) is 19.8 Å². The number of esters is 1. The summed E-state index contributed by atoms with van der Waals surface area (Å²) in [5, 5.41) is 25.8. The molecule has 2 aromatic rings. The van der Waals surface area contributed by atoms with Gasteiger partial charge in [-0.2, -0.15) is 0 Å². The SMILES string of the molecule is CN[C@H]1[C@@H](O[C@@H]2C3=CC#C[C@H]4O[C@@]4([C@@H]4COC(=O)O4)C#CC3=C[C@H]2OC(=O)c2c(C)ccc3c(C)cc(OC)cc23)O[C@H](C)[C@H](O)[C@@H]1O. The van der Waals surface area contributed by atoms with Gasteiger partial charge in [-0.3, -0.25) is 0 Å². The number of benzene rings is 2. The van der Waals surface area contributed by atoms with E-state index in [1.165, 1.54) is 0 Å². The summed E-state index contributed by atoms with van der Waals surface area (Å²) in [5.41, 5.74) is 1.82. The second-order valence-corrected chi connectivity index (χ2v) is 12.4. The standard InChI is InChI=1S/C36H35NO11/c1-17-9-10-22-18(2)13-21(42-5)15-24(22)28(17)33(40)45-25-14-20-11-12-36(27-16-43-35(41)46-27)26(48-36)8-6-7-23(20)32(25)47-34-29(37-4)31(39)30(38)19(3)44-34/h7,9-10,13-15,19,25-27,29-32,34,37-39H,16H2,1-5H3/t19-,25-,26-,27+,29-,30+,31-,32-,34-,36+/m1/s1. The number of nitrogens with one attached hydrogen (secondary N) is 1. The van der Waals surface area contributed by atoms with Gasteiger partial charge in [0, 0.05) is 16.5 Å². The van der Waals surface area contributed by atoms with Crippen molar-refractivity contribution in [3.05, 3.63) is 64.3 Å². The van der Waals surface area contributed by atoms with Crippen LogP contribution in [-0.2, 0) is 28.4 Å². The summed E-state index contributed by atoms with van der Waals surface area (Å²) in [6.45, 7) is 5.38. The van der Waals surface area contributed by atoms with Gasteiger partial charge >= 0.3 is 12.1 Å². The number of aryl methyl sites for hydroxylation is 2. The molecule has 0 radical (unpaired) electrons. The number of hydrogen-bond donors (Lipinski definition) is 3. The van der Waals surface area contributed by atoms with Crippen molar-refractivity contribution in [3.8, 4) is 29.4 Å². The van der Waals surface area contributed by atoms with E-state index >= 15 is 0 Å². The fraction of sp³-hybridized carbons (Fsp3) is 0.444. The average Bonchev–Trinajstić information content (AvgIpc) is 3.39. The average molecular weight is 658 g/mol. The number of aliphatic hydroxyl groups is 2. The molecule has 2 aliphatic carbocycles. The molecular formula is C36H35NO11. The third-order valence-electron chi connectivity index (χ3n) is 9.46. The highest BCUT2D eigenvalue weighted by Crippen LogP contribution is 2.43. The first kappa shape index (κ1) is 32.2. The van der Waals surface area contributed by atoms with Gasteiger partial charge in [-0.05, 0) is 68.6 Å². The van der Waals surface area contributed by atoms with E-state index in [0.717, 1.165) is 10.9 Å². The minimum absolute atomic E-state index is 0.0254. The topological polar surface area (TPSA) is 155 Å². The third-order valence-corrected chi connectivity index (χ3v) is 9.46. The van der Waals surface area contributed by atoms with Crippen LogP contribution in [0.4, 0.5) is 4.79 Å². The molecule has 250 valence electrons. The Bertz CT molecular complexity index is 1880. The second-order valence-electron chi connectivity index (χ2n) is 12.4. The summed E-state index contributed by atoms with van der Waals surface area (Å²) in [6.07, 6.45) is -5.02. The van der Waals surface area contributed by atoms with Crippen LogP contribution in [0.15, 0.2) is 47.6 Å². The van der Waals surface area contributed by atoms with Crippen molar-refractivity contribution in [2.45, 2.75) is 81.4 Å². The Morgan fingerprint density at radius 3 is 2.67 bits per heavy atom. The molecule has 0 saturated carbocycles. The lowest BCUT2D eigenvalue weighted by Crippen LogP contribution is -2.62. The third kappa shape index (κ3) is 5.41. The molecule has 0 amide bonds. The van der Waals surface area contributed by atoms with Crippen molar-refractivity contribution in [1.82, 2.24) is 5.32 Å². The molecule has 5 aliphatic rings. The molecule has 10 atom stereocenters. The number of ether oxygens (including phenoxy) is 7. The maximum absolute atomic E-state index is 14.1. The number of likely N-dealkylation sites (N-methyl/N-ethyl adjacent to an activating group) is 1. The molecule has 3 N–H and O–H groups in total. The van der Waals surface area contributed by atoms with Crippen LogP contribution in [0.3, 0.4) is 0 Å². The summed E-state index contributed by atoms with van der Waals surface area (Å²) >= 11 is 0. The zero-order valence-corrected chi connectivity index (χ0v) is 26.9. The highest BCUT2D eigenvalue weighted by Gasteiger charge is 2.65. The first-order chi connectivity index (χ1) is 23.0. The van der Waals surface area contributed by atoms with E-state index in [1.54, 1.807) is 39.3 Å². The number of carbonyl (C=O) groups is 2. The minimum Gasteiger partial charge on any atom is -0.497 e. The summed E-state index contributed by atoms with van der Waals surface area (Å²) < 4.78 is 40.4. The monoisotopic (exact) mass is 657 g/mol. The zero-order valence-electron chi connectivity index (χ0n) is 26.9. The quantitative estimate of drug-likeness (QED) is 0.227. The van der Waals surface area contributed by atoms with Gasteiger partial charge in [0.15, 0.2) is 24.6 Å². The normalized spacial score (nSPS) is 34.6. The molecule has 0 aromatic heterocycles. The van der Waals surface area contributed by atoms with Crippen LogP contribution >= 0.6 is 0 Å². The van der Waals surface area contributed by atoms with Crippen LogP contribution in [-0.4, -0.2) is 104 Å². The summed E-state index contributed by atoms with van der Waals surface area (Å²) in [6, 6.07) is 6.71. The molecule has 48 heavy (non-hydrogen) atoms. The Morgan fingerprint density at radius 2 is 1.94 bits per heavy atom. The van der Waals surface area contributed by atoms with E-state index in [1.807, 2.05) is 32.0 Å². The van der Waals surface area contributed by atoms with Crippen LogP contribution in [0, 0.1) is 37.5 Å². The summed E-state index contributed by atoms with van der Waals surface area (Å²) in [4.78, 5) is 25.8.